The second-order valence-electron chi connectivity index (χ2n) is 5.44. The number of fused-ring (bicyclic) bond motifs is 2. The molecule has 7 heteroatoms. The van der Waals surface area contributed by atoms with E-state index in [1.54, 1.807) is 29.8 Å². The fourth-order valence-corrected chi connectivity index (χ4v) is 3.13. The number of benzene rings is 2. The molecule has 0 spiro atoms. The lowest BCUT2D eigenvalue weighted by molar-refractivity contribution is 0.335. The Morgan fingerprint density at radius 1 is 0.920 bits per heavy atom. The largest absolute Gasteiger partial charge is 0.504 e. The summed E-state index contributed by atoms with van der Waals surface area (Å²) in [6.45, 7) is 0. The number of hydrogen-bond acceptors (Lipinski definition) is 6. The Balaban J connectivity index is 2.63. The summed E-state index contributed by atoms with van der Waals surface area (Å²) in [7, 11) is 7.69. The van der Waals surface area contributed by atoms with Crippen LogP contribution in [0, 0.1) is 0 Å². The molecule has 0 amide bonds. The van der Waals surface area contributed by atoms with Gasteiger partial charge in [0, 0.05) is 13.1 Å². The van der Waals surface area contributed by atoms with Crippen LogP contribution in [-0.4, -0.2) is 38.1 Å². The van der Waals surface area contributed by atoms with Crippen molar-refractivity contribution in [1.82, 2.24) is 4.57 Å². The van der Waals surface area contributed by atoms with Gasteiger partial charge in [-0.05, 0) is 12.1 Å². The lowest BCUT2D eigenvalue weighted by Gasteiger charge is -2.18. The SMILES string of the molecule is COc1cc2c(c(O)c1OC)c(=O)c1ccc(OC)c(OC)c1n2C. The minimum Gasteiger partial charge on any atom is -0.504 e. The molecule has 0 aliphatic heterocycles. The number of aromatic hydroxyl groups is 1. The molecule has 0 saturated heterocycles. The predicted molar refractivity (Wildman–Crippen MR) is 94.6 cm³/mol. The molecule has 7 nitrogen and oxygen atoms in total. The minimum absolute atomic E-state index is 0.118. The van der Waals surface area contributed by atoms with E-state index < -0.39 is 0 Å². The Kier molecular flexibility index (Phi) is 4.08. The third-order valence-electron chi connectivity index (χ3n) is 4.31. The second kappa shape index (κ2) is 6.08. The summed E-state index contributed by atoms with van der Waals surface area (Å²) in [5, 5.41) is 11.1. The summed E-state index contributed by atoms with van der Waals surface area (Å²) >= 11 is 0. The fourth-order valence-electron chi connectivity index (χ4n) is 3.13. The molecule has 132 valence electrons. The number of pyridine rings is 1. The van der Waals surface area contributed by atoms with Gasteiger partial charge in [-0.3, -0.25) is 4.79 Å². The first-order valence-corrected chi connectivity index (χ1v) is 7.51. The van der Waals surface area contributed by atoms with Gasteiger partial charge in [0.1, 0.15) is 0 Å². The standard InChI is InChI=1S/C18H19NO6/c1-19-10-8-12(23-3)18(25-5)16(21)13(10)15(20)9-6-7-11(22-2)17(24-4)14(9)19/h6-8,21H,1-5H3. The molecule has 1 N–H and O–H groups in total. The highest BCUT2D eigenvalue weighted by molar-refractivity contribution is 6.01. The van der Waals surface area contributed by atoms with Crippen molar-refractivity contribution in [2.45, 2.75) is 0 Å². The molecule has 0 fully saturated rings. The third kappa shape index (κ3) is 2.23. The molecule has 0 atom stereocenters. The first-order chi connectivity index (χ1) is 12.0. The lowest BCUT2D eigenvalue weighted by Crippen LogP contribution is -2.11. The quantitative estimate of drug-likeness (QED) is 0.732. The van der Waals surface area contributed by atoms with Crippen LogP contribution in [0.4, 0.5) is 0 Å². The van der Waals surface area contributed by atoms with Crippen molar-refractivity contribution < 1.29 is 24.1 Å². The van der Waals surface area contributed by atoms with Crippen LogP contribution in [-0.2, 0) is 7.05 Å². The van der Waals surface area contributed by atoms with Crippen molar-refractivity contribution >= 4 is 21.8 Å². The molecular formula is C18H19NO6. The highest BCUT2D eigenvalue weighted by Gasteiger charge is 2.22. The van der Waals surface area contributed by atoms with Crippen molar-refractivity contribution in [1.29, 1.82) is 0 Å². The summed E-state index contributed by atoms with van der Waals surface area (Å²) < 4.78 is 23.0. The number of hydrogen-bond donors (Lipinski definition) is 1. The maximum atomic E-state index is 13.0. The van der Waals surface area contributed by atoms with Gasteiger partial charge in [-0.1, -0.05) is 0 Å². The van der Waals surface area contributed by atoms with Gasteiger partial charge in [0.25, 0.3) is 0 Å². The van der Waals surface area contributed by atoms with Crippen molar-refractivity contribution in [2.24, 2.45) is 7.05 Å². The minimum atomic E-state index is -0.331. The van der Waals surface area contributed by atoms with E-state index in [1.165, 1.54) is 28.4 Å². The fraction of sp³-hybridized carbons (Fsp3) is 0.278. The highest BCUT2D eigenvalue weighted by atomic mass is 16.5. The van der Waals surface area contributed by atoms with Crippen molar-refractivity contribution in [3.63, 3.8) is 0 Å². The van der Waals surface area contributed by atoms with E-state index in [1.807, 2.05) is 0 Å². The summed E-state index contributed by atoms with van der Waals surface area (Å²) in [4.78, 5) is 13.0. The Morgan fingerprint density at radius 3 is 2.12 bits per heavy atom. The average Bonchev–Trinajstić information content (AvgIpc) is 2.63. The smallest absolute Gasteiger partial charge is 0.203 e. The van der Waals surface area contributed by atoms with Crippen LogP contribution < -0.4 is 24.4 Å². The van der Waals surface area contributed by atoms with Crippen LogP contribution in [0.25, 0.3) is 21.8 Å². The third-order valence-corrected chi connectivity index (χ3v) is 4.31. The van der Waals surface area contributed by atoms with Crippen LogP contribution in [0.5, 0.6) is 28.7 Å². The number of phenols is 1. The van der Waals surface area contributed by atoms with E-state index >= 15 is 0 Å². The van der Waals surface area contributed by atoms with Gasteiger partial charge in [-0.2, -0.15) is 0 Å². The van der Waals surface area contributed by atoms with Gasteiger partial charge < -0.3 is 28.6 Å². The van der Waals surface area contributed by atoms with E-state index in [-0.39, 0.29) is 22.3 Å². The summed E-state index contributed by atoms with van der Waals surface area (Å²) in [5.41, 5.74) is 0.715. The molecule has 3 aromatic rings. The summed E-state index contributed by atoms with van der Waals surface area (Å²) in [5.74, 6) is 1.13. The van der Waals surface area contributed by atoms with E-state index in [2.05, 4.69) is 0 Å². The average molecular weight is 345 g/mol. The summed E-state index contributed by atoms with van der Waals surface area (Å²) in [6, 6.07) is 4.95. The number of phenolic OH excluding ortho intramolecular Hbond substituents is 1. The van der Waals surface area contributed by atoms with Crippen LogP contribution >= 0.6 is 0 Å². The molecule has 0 bridgehead atoms. The molecule has 0 saturated carbocycles. The Bertz CT molecular complexity index is 1040. The number of ether oxygens (including phenoxy) is 4. The van der Waals surface area contributed by atoms with Crippen molar-refractivity contribution in [3.05, 3.63) is 28.4 Å². The van der Waals surface area contributed by atoms with Gasteiger partial charge >= 0.3 is 0 Å². The van der Waals surface area contributed by atoms with Gasteiger partial charge in [0.15, 0.2) is 23.0 Å². The molecule has 25 heavy (non-hydrogen) atoms. The van der Waals surface area contributed by atoms with Gasteiger partial charge in [0.2, 0.25) is 11.2 Å². The molecule has 0 aliphatic rings. The molecule has 1 aromatic heterocycles. The molecule has 0 radical (unpaired) electrons. The lowest BCUT2D eigenvalue weighted by atomic mass is 10.1. The zero-order valence-corrected chi connectivity index (χ0v) is 14.7. The highest BCUT2D eigenvalue weighted by Crippen LogP contribution is 2.43. The van der Waals surface area contributed by atoms with E-state index in [9.17, 15) is 9.90 Å². The molecule has 3 rings (SSSR count). The van der Waals surface area contributed by atoms with Crippen molar-refractivity contribution in [2.75, 3.05) is 28.4 Å². The summed E-state index contributed by atoms with van der Waals surface area (Å²) in [6.07, 6.45) is 0. The molecular weight excluding hydrogens is 326 g/mol. The monoisotopic (exact) mass is 345 g/mol. The van der Waals surface area contributed by atoms with Crippen LogP contribution in [0.3, 0.4) is 0 Å². The molecule has 0 unspecified atom stereocenters. The number of aryl methyl sites for hydroxylation is 1. The maximum absolute atomic E-state index is 13.0. The maximum Gasteiger partial charge on any atom is 0.203 e. The molecule has 0 aliphatic carbocycles. The Morgan fingerprint density at radius 2 is 1.56 bits per heavy atom. The number of rotatable bonds is 4. The molecule has 2 aromatic carbocycles. The Hall–Kier alpha value is -3.09. The zero-order chi connectivity index (χ0) is 18.3. The normalized spacial score (nSPS) is 10.9. The topological polar surface area (TPSA) is 79.2 Å². The molecule has 1 heterocycles. The van der Waals surface area contributed by atoms with Gasteiger partial charge in [-0.25, -0.2) is 0 Å². The Labute approximate surface area is 143 Å². The first-order valence-electron chi connectivity index (χ1n) is 7.51. The van der Waals surface area contributed by atoms with Crippen LogP contribution in [0.2, 0.25) is 0 Å². The number of aromatic nitrogens is 1. The van der Waals surface area contributed by atoms with E-state index in [0.717, 1.165) is 0 Å². The first kappa shape index (κ1) is 16.8. The number of methoxy groups -OCH3 is 4. The predicted octanol–water partition coefficient (Wildman–Crippen LogP) is 2.43. The number of nitrogens with zero attached hydrogens (tertiary/aromatic N) is 1. The van der Waals surface area contributed by atoms with E-state index in [4.69, 9.17) is 18.9 Å². The van der Waals surface area contributed by atoms with Crippen LogP contribution in [0.1, 0.15) is 0 Å². The second-order valence-corrected chi connectivity index (χ2v) is 5.44. The van der Waals surface area contributed by atoms with Gasteiger partial charge in [0.05, 0.1) is 50.2 Å². The zero-order valence-electron chi connectivity index (χ0n) is 14.7. The van der Waals surface area contributed by atoms with Crippen molar-refractivity contribution in [3.8, 4) is 28.7 Å². The van der Waals surface area contributed by atoms with E-state index in [0.29, 0.717) is 33.7 Å². The van der Waals surface area contributed by atoms with Gasteiger partial charge in [-0.15, -0.1) is 0 Å². The van der Waals surface area contributed by atoms with Crippen LogP contribution in [0.15, 0.2) is 23.0 Å².